The van der Waals surface area contributed by atoms with Gasteiger partial charge in [0.1, 0.15) is 5.69 Å². The van der Waals surface area contributed by atoms with Crippen LogP contribution in [0.1, 0.15) is 55.3 Å². The SMILES string of the molecule is CCC(CC)c1c(Cl)c(C)nn2c(-c3sc(N4CCOCC4)nc3C)c(C)nc12. The number of fused-ring (bicyclic) bond motifs is 1. The number of thiazole rings is 1. The van der Waals surface area contributed by atoms with Crippen molar-refractivity contribution in [2.45, 2.75) is 53.4 Å². The van der Waals surface area contributed by atoms with E-state index in [0.29, 0.717) is 5.92 Å². The summed E-state index contributed by atoms with van der Waals surface area (Å²) in [6.07, 6.45) is 2.05. The topological polar surface area (TPSA) is 55.5 Å². The van der Waals surface area contributed by atoms with Crippen molar-refractivity contribution in [3.63, 3.8) is 0 Å². The smallest absolute Gasteiger partial charge is 0.186 e. The van der Waals surface area contributed by atoms with Gasteiger partial charge in [-0.25, -0.2) is 14.5 Å². The fraction of sp³-hybridized carbons (Fsp3) is 0.571. The fourth-order valence-corrected chi connectivity index (χ4v) is 5.57. The highest BCUT2D eigenvalue weighted by Gasteiger charge is 2.26. The van der Waals surface area contributed by atoms with Crippen molar-refractivity contribution in [3.05, 3.63) is 27.7 Å². The molecule has 4 rings (SSSR count). The lowest BCUT2D eigenvalue weighted by Crippen LogP contribution is -2.36. The summed E-state index contributed by atoms with van der Waals surface area (Å²) in [7, 11) is 0. The van der Waals surface area contributed by atoms with Gasteiger partial charge in [0.25, 0.3) is 0 Å². The molecule has 156 valence electrons. The molecule has 1 aliphatic heterocycles. The Morgan fingerprint density at radius 3 is 2.38 bits per heavy atom. The number of aromatic nitrogens is 4. The van der Waals surface area contributed by atoms with Gasteiger partial charge in [-0.1, -0.05) is 36.8 Å². The van der Waals surface area contributed by atoms with Gasteiger partial charge in [-0.3, -0.25) is 0 Å². The number of hydrogen-bond acceptors (Lipinski definition) is 6. The lowest BCUT2D eigenvalue weighted by molar-refractivity contribution is 0.122. The van der Waals surface area contributed by atoms with E-state index in [9.17, 15) is 0 Å². The van der Waals surface area contributed by atoms with Gasteiger partial charge in [0.05, 0.1) is 40.2 Å². The number of halogens is 1. The second kappa shape index (κ2) is 8.20. The quantitative estimate of drug-likeness (QED) is 0.555. The third-order valence-electron chi connectivity index (χ3n) is 5.75. The zero-order chi connectivity index (χ0) is 20.7. The van der Waals surface area contributed by atoms with Crippen LogP contribution >= 0.6 is 22.9 Å². The summed E-state index contributed by atoms with van der Waals surface area (Å²) in [5.41, 5.74) is 5.85. The molecule has 1 aliphatic rings. The molecule has 3 aromatic rings. The average molecular weight is 434 g/mol. The summed E-state index contributed by atoms with van der Waals surface area (Å²) >= 11 is 8.44. The van der Waals surface area contributed by atoms with Crippen LogP contribution in [0, 0.1) is 20.8 Å². The van der Waals surface area contributed by atoms with Gasteiger partial charge in [0, 0.05) is 18.7 Å². The normalized spacial score (nSPS) is 15.1. The highest BCUT2D eigenvalue weighted by atomic mass is 35.5. The molecular formula is C21H28ClN5OS. The Kier molecular flexibility index (Phi) is 5.82. The van der Waals surface area contributed by atoms with E-state index in [0.717, 1.165) is 88.2 Å². The molecule has 0 aromatic carbocycles. The van der Waals surface area contributed by atoms with E-state index < -0.39 is 0 Å². The molecule has 0 spiro atoms. The minimum absolute atomic E-state index is 0.368. The Hall–Kier alpha value is -1.70. The minimum atomic E-state index is 0.368. The maximum atomic E-state index is 6.72. The van der Waals surface area contributed by atoms with Crippen molar-refractivity contribution >= 4 is 33.7 Å². The van der Waals surface area contributed by atoms with Gasteiger partial charge in [-0.15, -0.1) is 0 Å². The molecule has 29 heavy (non-hydrogen) atoms. The molecule has 6 nitrogen and oxygen atoms in total. The molecule has 0 atom stereocenters. The molecule has 0 radical (unpaired) electrons. The molecule has 1 saturated heterocycles. The van der Waals surface area contributed by atoms with Gasteiger partial charge >= 0.3 is 0 Å². The molecule has 3 aromatic heterocycles. The van der Waals surface area contributed by atoms with E-state index in [1.165, 1.54) is 0 Å². The van der Waals surface area contributed by atoms with Gasteiger partial charge < -0.3 is 9.64 Å². The monoisotopic (exact) mass is 433 g/mol. The van der Waals surface area contributed by atoms with Crippen LogP contribution < -0.4 is 4.90 Å². The van der Waals surface area contributed by atoms with E-state index in [4.69, 9.17) is 31.4 Å². The first-order valence-electron chi connectivity index (χ1n) is 10.3. The van der Waals surface area contributed by atoms with E-state index in [1.54, 1.807) is 11.3 Å². The Bertz CT molecular complexity index is 1030. The molecule has 0 N–H and O–H groups in total. The third-order valence-corrected chi connectivity index (χ3v) is 7.45. The standard InChI is InChI=1S/C21H28ClN5OS/c1-6-15(7-2)16-17(22)12(3)25-27-18(13(4)23-20(16)27)19-14(5)24-21(29-19)26-8-10-28-11-9-26/h15H,6-11H2,1-5H3. The van der Waals surface area contributed by atoms with Gasteiger partial charge in [0.2, 0.25) is 0 Å². The summed E-state index contributed by atoms with van der Waals surface area (Å²) in [5.74, 6) is 0.368. The summed E-state index contributed by atoms with van der Waals surface area (Å²) in [5, 5.41) is 6.60. The number of ether oxygens (including phenoxy) is 1. The predicted octanol–water partition coefficient (Wildman–Crippen LogP) is 5.17. The number of anilines is 1. The largest absolute Gasteiger partial charge is 0.378 e. The van der Waals surface area contributed by atoms with Crippen molar-refractivity contribution in [2.24, 2.45) is 0 Å². The molecule has 0 bridgehead atoms. The number of imidazole rings is 1. The van der Waals surface area contributed by atoms with Crippen molar-refractivity contribution in [2.75, 3.05) is 31.2 Å². The first-order chi connectivity index (χ1) is 14.0. The minimum Gasteiger partial charge on any atom is -0.378 e. The highest BCUT2D eigenvalue weighted by molar-refractivity contribution is 7.19. The Morgan fingerprint density at radius 1 is 1.03 bits per heavy atom. The van der Waals surface area contributed by atoms with Crippen LogP contribution in [-0.4, -0.2) is 45.9 Å². The summed E-state index contributed by atoms with van der Waals surface area (Å²) in [6.45, 7) is 13.8. The second-order valence-electron chi connectivity index (χ2n) is 7.62. The summed E-state index contributed by atoms with van der Waals surface area (Å²) in [4.78, 5) is 13.2. The fourth-order valence-electron chi connectivity index (χ4n) is 4.09. The summed E-state index contributed by atoms with van der Waals surface area (Å²) < 4.78 is 7.48. The van der Waals surface area contributed by atoms with Gasteiger partial charge in [0.15, 0.2) is 10.8 Å². The van der Waals surface area contributed by atoms with Crippen LogP contribution in [0.4, 0.5) is 5.13 Å². The van der Waals surface area contributed by atoms with Crippen LogP contribution in [0.5, 0.6) is 0 Å². The zero-order valence-corrected chi connectivity index (χ0v) is 19.3. The average Bonchev–Trinajstić information content (AvgIpc) is 3.25. The van der Waals surface area contributed by atoms with Crippen LogP contribution in [-0.2, 0) is 4.74 Å². The van der Waals surface area contributed by atoms with E-state index in [-0.39, 0.29) is 0 Å². The Morgan fingerprint density at radius 2 is 1.72 bits per heavy atom. The maximum absolute atomic E-state index is 6.72. The Labute approximate surface area is 180 Å². The van der Waals surface area contributed by atoms with Crippen LogP contribution in [0.15, 0.2) is 0 Å². The Balaban J connectivity index is 1.89. The number of nitrogens with zero attached hydrogens (tertiary/aromatic N) is 5. The van der Waals surface area contributed by atoms with Crippen molar-refractivity contribution in [3.8, 4) is 10.6 Å². The van der Waals surface area contributed by atoms with Crippen LogP contribution in [0.3, 0.4) is 0 Å². The second-order valence-corrected chi connectivity index (χ2v) is 8.97. The van der Waals surface area contributed by atoms with E-state index in [1.807, 2.05) is 11.4 Å². The number of aryl methyl sites for hydroxylation is 3. The number of rotatable bonds is 5. The molecule has 1 fully saturated rings. The van der Waals surface area contributed by atoms with E-state index in [2.05, 4.69) is 32.6 Å². The van der Waals surface area contributed by atoms with Crippen molar-refractivity contribution < 1.29 is 4.74 Å². The molecule has 0 saturated carbocycles. The lowest BCUT2D eigenvalue weighted by Gasteiger charge is -2.26. The molecule has 0 amide bonds. The van der Waals surface area contributed by atoms with Crippen LogP contribution in [0.25, 0.3) is 16.2 Å². The zero-order valence-electron chi connectivity index (χ0n) is 17.8. The lowest BCUT2D eigenvalue weighted by atomic mass is 9.94. The highest BCUT2D eigenvalue weighted by Crippen LogP contribution is 2.40. The summed E-state index contributed by atoms with van der Waals surface area (Å²) in [6, 6.07) is 0. The van der Waals surface area contributed by atoms with Gasteiger partial charge in [-0.05, 0) is 39.5 Å². The first-order valence-corrected chi connectivity index (χ1v) is 11.5. The van der Waals surface area contributed by atoms with E-state index >= 15 is 0 Å². The molecule has 8 heteroatoms. The number of hydrogen-bond donors (Lipinski definition) is 0. The first kappa shape index (κ1) is 20.6. The van der Waals surface area contributed by atoms with Crippen LogP contribution in [0.2, 0.25) is 5.02 Å². The maximum Gasteiger partial charge on any atom is 0.186 e. The molecule has 0 aliphatic carbocycles. The van der Waals surface area contributed by atoms with Crippen molar-refractivity contribution in [1.29, 1.82) is 0 Å². The van der Waals surface area contributed by atoms with Gasteiger partial charge in [-0.2, -0.15) is 5.10 Å². The predicted molar refractivity (Wildman–Crippen MR) is 120 cm³/mol. The number of morpholine rings is 1. The van der Waals surface area contributed by atoms with Crippen molar-refractivity contribution in [1.82, 2.24) is 19.6 Å². The molecule has 4 heterocycles. The third kappa shape index (κ3) is 3.53. The molecular weight excluding hydrogens is 406 g/mol. The molecule has 0 unspecified atom stereocenters.